The molecule has 0 fully saturated rings. The minimum Gasteiger partial charge on any atom is -0.198 e. The van der Waals surface area contributed by atoms with Crippen molar-refractivity contribution in [3.63, 3.8) is 0 Å². The van der Waals surface area contributed by atoms with Crippen molar-refractivity contribution in [2.45, 2.75) is 33.6 Å². The minimum absolute atomic E-state index is 0.0694. The lowest BCUT2D eigenvalue weighted by molar-refractivity contribution is 0.410. The van der Waals surface area contributed by atoms with Crippen molar-refractivity contribution in [1.82, 2.24) is 0 Å². The maximum absolute atomic E-state index is 8.54. The number of nitriles is 1. The Morgan fingerprint density at radius 3 is 1.75 bits per heavy atom. The molecule has 0 saturated heterocycles. The summed E-state index contributed by atoms with van der Waals surface area (Å²) in [6, 6.07) is 2.28. The standard InChI is InChI=1S/C7H13N/c1-4-7(3,5-2)6-8/h4-5H2,1-3H3. The highest BCUT2D eigenvalue weighted by atomic mass is 14.3. The molecule has 1 nitrogen and oxygen atoms in total. The highest BCUT2D eigenvalue weighted by Crippen LogP contribution is 2.22. The molecule has 0 atom stereocenters. The Kier molecular flexibility index (Phi) is 2.54. The second-order valence-corrected chi connectivity index (χ2v) is 2.38. The fourth-order valence-corrected chi connectivity index (χ4v) is 0.408. The highest BCUT2D eigenvalue weighted by Gasteiger charge is 2.16. The summed E-state index contributed by atoms with van der Waals surface area (Å²) >= 11 is 0. The average molecular weight is 111 g/mol. The third-order valence-electron chi connectivity index (χ3n) is 1.83. The van der Waals surface area contributed by atoms with Gasteiger partial charge in [-0.1, -0.05) is 13.8 Å². The first-order chi connectivity index (χ1) is 3.68. The van der Waals surface area contributed by atoms with Crippen LogP contribution in [0.2, 0.25) is 0 Å². The maximum atomic E-state index is 8.54. The van der Waals surface area contributed by atoms with E-state index in [1.54, 1.807) is 0 Å². The van der Waals surface area contributed by atoms with Crippen LogP contribution in [0.25, 0.3) is 0 Å². The summed E-state index contributed by atoms with van der Waals surface area (Å²) in [5.41, 5.74) is -0.0694. The van der Waals surface area contributed by atoms with Gasteiger partial charge in [0.2, 0.25) is 0 Å². The summed E-state index contributed by atoms with van der Waals surface area (Å²) in [4.78, 5) is 0. The van der Waals surface area contributed by atoms with E-state index in [1.807, 2.05) is 20.8 Å². The summed E-state index contributed by atoms with van der Waals surface area (Å²) in [7, 11) is 0. The Balaban J connectivity index is 3.83. The Morgan fingerprint density at radius 1 is 1.38 bits per heavy atom. The molecule has 0 aliphatic rings. The molecular formula is C7H13N. The molecule has 46 valence electrons. The molecule has 0 rings (SSSR count). The van der Waals surface area contributed by atoms with Gasteiger partial charge in [-0.3, -0.25) is 0 Å². The quantitative estimate of drug-likeness (QED) is 0.536. The highest BCUT2D eigenvalue weighted by molar-refractivity contribution is 4.92. The zero-order valence-corrected chi connectivity index (χ0v) is 5.86. The molecule has 8 heavy (non-hydrogen) atoms. The van der Waals surface area contributed by atoms with Crippen LogP contribution in [-0.2, 0) is 0 Å². The lowest BCUT2D eigenvalue weighted by Gasteiger charge is -2.14. The van der Waals surface area contributed by atoms with Crippen LogP contribution in [0.5, 0.6) is 0 Å². The fourth-order valence-electron chi connectivity index (χ4n) is 0.408. The molecule has 0 aromatic heterocycles. The summed E-state index contributed by atoms with van der Waals surface area (Å²) in [6.07, 6.45) is 1.92. The third-order valence-corrected chi connectivity index (χ3v) is 1.83. The summed E-state index contributed by atoms with van der Waals surface area (Å²) < 4.78 is 0. The van der Waals surface area contributed by atoms with Gasteiger partial charge in [0, 0.05) is 0 Å². The van der Waals surface area contributed by atoms with Crippen molar-refractivity contribution < 1.29 is 0 Å². The molecule has 0 bridgehead atoms. The van der Waals surface area contributed by atoms with E-state index < -0.39 is 0 Å². The van der Waals surface area contributed by atoms with Crippen LogP contribution in [0.15, 0.2) is 0 Å². The first-order valence-electron chi connectivity index (χ1n) is 3.09. The second-order valence-electron chi connectivity index (χ2n) is 2.38. The van der Waals surface area contributed by atoms with Gasteiger partial charge >= 0.3 is 0 Å². The molecule has 0 radical (unpaired) electrons. The maximum Gasteiger partial charge on any atom is 0.0686 e. The van der Waals surface area contributed by atoms with Crippen molar-refractivity contribution >= 4 is 0 Å². The molecule has 0 amide bonds. The molecule has 0 heterocycles. The number of rotatable bonds is 2. The van der Waals surface area contributed by atoms with Crippen molar-refractivity contribution in [2.75, 3.05) is 0 Å². The molecule has 0 aliphatic heterocycles. The molecule has 0 aromatic rings. The normalized spacial score (nSPS) is 10.8. The Morgan fingerprint density at radius 2 is 1.75 bits per heavy atom. The second kappa shape index (κ2) is 2.71. The SMILES string of the molecule is CCC(C)(C#N)CC. The van der Waals surface area contributed by atoms with Crippen LogP contribution in [0.4, 0.5) is 0 Å². The molecule has 0 aromatic carbocycles. The van der Waals surface area contributed by atoms with Crippen molar-refractivity contribution in [3.05, 3.63) is 0 Å². The molecule has 0 saturated carbocycles. The van der Waals surface area contributed by atoms with Crippen LogP contribution in [0, 0.1) is 16.7 Å². The first-order valence-corrected chi connectivity index (χ1v) is 3.09. The first kappa shape index (κ1) is 7.49. The van der Waals surface area contributed by atoms with E-state index in [9.17, 15) is 0 Å². The van der Waals surface area contributed by atoms with Gasteiger partial charge in [-0.2, -0.15) is 5.26 Å². The van der Waals surface area contributed by atoms with Crippen LogP contribution in [0.3, 0.4) is 0 Å². The molecule has 0 aliphatic carbocycles. The zero-order valence-electron chi connectivity index (χ0n) is 5.86. The fraction of sp³-hybridized carbons (Fsp3) is 0.857. The molecule has 0 unspecified atom stereocenters. The summed E-state index contributed by atoms with van der Waals surface area (Å²) in [5, 5.41) is 8.54. The lowest BCUT2D eigenvalue weighted by Crippen LogP contribution is -2.09. The Hall–Kier alpha value is -0.510. The summed E-state index contributed by atoms with van der Waals surface area (Å²) in [6.45, 7) is 6.09. The van der Waals surface area contributed by atoms with Crippen molar-refractivity contribution in [1.29, 1.82) is 5.26 Å². The minimum atomic E-state index is -0.0694. The molecule has 0 N–H and O–H groups in total. The zero-order chi connectivity index (χ0) is 6.62. The van der Waals surface area contributed by atoms with Gasteiger partial charge < -0.3 is 0 Å². The van der Waals surface area contributed by atoms with Gasteiger partial charge in [-0.25, -0.2) is 0 Å². The van der Waals surface area contributed by atoms with Crippen molar-refractivity contribution in [3.8, 4) is 6.07 Å². The van der Waals surface area contributed by atoms with Crippen LogP contribution >= 0.6 is 0 Å². The van der Waals surface area contributed by atoms with E-state index in [-0.39, 0.29) is 5.41 Å². The van der Waals surface area contributed by atoms with Gasteiger partial charge in [-0.05, 0) is 19.8 Å². The van der Waals surface area contributed by atoms with Gasteiger partial charge in [0.1, 0.15) is 0 Å². The van der Waals surface area contributed by atoms with Gasteiger partial charge in [0.05, 0.1) is 11.5 Å². The van der Waals surface area contributed by atoms with Crippen LogP contribution in [0.1, 0.15) is 33.6 Å². The van der Waals surface area contributed by atoms with E-state index in [2.05, 4.69) is 6.07 Å². The molecule has 1 heteroatoms. The average Bonchev–Trinajstić information content (AvgIpc) is 1.87. The Labute approximate surface area is 51.3 Å². The van der Waals surface area contributed by atoms with Gasteiger partial charge in [0.15, 0.2) is 0 Å². The van der Waals surface area contributed by atoms with Gasteiger partial charge in [0.25, 0.3) is 0 Å². The van der Waals surface area contributed by atoms with Crippen LogP contribution < -0.4 is 0 Å². The third kappa shape index (κ3) is 1.54. The van der Waals surface area contributed by atoms with Crippen molar-refractivity contribution in [2.24, 2.45) is 5.41 Å². The van der Waals surface area contributed by atoms with E-state index in [0.29, 0.717) is 0 Å². The number of nitrogens with zero attached hydrogens (tertiary/aromatic N) is 1. The van der Waals surface area contributed by atoms with Crippen LogP contribution in [-0.4, -0.2) is 0 Å². The molecular weight excluding hydrogens is 98.1 g/mol. The van der Waals surface area contributed by atoms with E-state index >= 15 is 0 Å². The van der Waals surface area contributed by atoms with Gasteiger partial charge in [-0.15, -0.1) is 0 Å². The number of hydrogen-bond acceptors (Lipinski definition) is 1. The van der Waals surface area contributed by atoms with E-state index in [4.69, 9.17) is 5.26 Å². The monoisotopic (exact) mass is 111 g/mol. The molecule has 0 spiro atoms. The van der Waals surface area contributed by atoms with E-state index in [1.165, 1.54) is 0 Å². The largest absolute Gasteiger partial charge is 0.198 e. The predicted octanol–water partition coefficient (Wildman–Crippen LogP) is 2.34. The lowest BCUT2D eigenvalue weighted by atomic mass is 9.87. The predicted molar refractivity (Wildman–Crippen MR) is 34.3 cm³/mol. The topological polar surface area (TPSA) is 23.8 Å². The smallest absolute Gasteiger partial charge is 0.0686 e. The summed E-state index contributed by atoms with van der Waals surface area (Å²) in [5.74, 6) is 0. The number of hydrogen-bond donors (Lipinski definition) is 0. The Bertz CT molecular complexity index is 95.4. The van der Waals surface area contributed by atoms with E-state index in [0.717, 1.165) is 12.8 Å².